The quantitative estimate of drug-likeness (QED) is 0.832. The number of likely N-dealkylation sites (N-methyl/N-ethyl adjacent to an activating group) is 1. The molecule has 0 bridgehead atoms. The van der Waals surface area contributed by atoms with E-state index in [9.17, 15) is 0 Å². The Morgan fingerprint density at radius 1 is 1.00 bits per heavy atom. The van der Waals surface area contributed by atoms with Gasteiger partial charge < -0.3 is 19.3 Å². The first-order valence-electron chi connectivity index (χ1n) is 8.27. The number of nitrogens with zero attached hydrogens (tertiary/aromatic N) is 2. The summed E-state index contributed by atoms with van der Waals surface area (Å²) in [5.74, 6) is 0.936. The number of benzene rings is 2. The van der Waals surface area contributed by atoms with Crippen LogP contribution in [-0.4, -0.2) is 45.2 Å². The van der Waals surface area contributed by atoms with Crippen LogP contribution in [0.4, 0.5) is 11.4 Å². The van der Waals surface area contributed by atoms with Crippen molar-refractivity contribution in [3.8, 4) is 5.75 Å². The Hall–Kier alpha value is -1.85. The minimum atomic E-state index is 0.936. The van der Waals surface area contributed by atoms with E-state index in [0.29, 0.717) is 0 Å². The second-order valence-corrected chi connectivity index (χ2v) is 7.07. The highest BCUT2D eigenvalue weighted by Crippen LogP contribution is 2.33. The van der Waals surface area contributed by atoms with Crippen molar-refractivity contribution in [3.63, 3.8) is 0 Å². The van der Waals surface area contributed by atoms with Gasteiger partial charge in [-0.15, -0.1) is 0 Å². The maximum atomic E-state index is 5.57. The molecule has 128 valence electrons. The van der Waals surface area contributed by atoms with Crippen LogP contribution in [0, 0.1) is 6.92 Å². The van der Waals surface area contributed by atoms with Gasteiger partial charge in [0.1, 0.15) is 5.75 Å². The van der Waals surface area contributed by atoms with E-state index in [4.69, 9.17) is 4.74 Å². The molecule has 0 aromatic heterocycles. The average Bonchev–Trinajstić information content (AvgIpc) is 2.62. The monoisotopic (exact) mass is 343 g/mol. The van der Waals surface area contributed by atoms with E-state index < -0.39 is 0 Å². The molecule has 5 heteroatoms. The van der Waals surface area contributed by atoms with Crippen molar-refractivity contribution in [2.75, 3.05) is 50.0 Å². The van der Waals surface area contributed by atoms with Gasteiger partial charge in [-0.05, 0) is 56.3 Å². The van der Waals surface area contributed by atoms with E-state index in [0.717, 1.165) is 37.6 Å². The standard InChI is InChI=1S/C19H25N3OS/c1-15-4-7-17(8-5-15)24-20-16-6-9-19(23-3)18(14-16)22-12-10-21(2)11-13-22/h4-9,14,20H,10-13H2,1-3H3. The lowest BCUT2D eigenvalue weighted by molar-refractivity contribution is 0.311. The van der Waals surface area contributed by atoms with Crippen LogP contribution < -0.4 is 14.4 Å². The molecule has 0 saturated carbocycles. The smallest absolute Gasteiger partial charge is 0.142 e. The molecule has 1 heterocycles. The van der Waals surface area contributed by atoms with Gasteiger partial charge >= 0.3 is 0 Å². The van der Waals surface area contributed by atoms with E-state index in [1.54, 1.807) is 19.1 Å². The normalized spacial score (nSPS) is 15.4. The molecule has 0 atom stereocenters. The molecule has 0 spiro atoms. The number of rotatable bonds is 5. The molecule has 0 unspecified atom stereocenters. The van der Waals surface area contributed by atoms with E-state index in [1.165, 1.54) is 16.1 Å². The molecule has 1 aliphatic heterocycles. The number of methoxy groups -OCH3 is 1. The van der Waals surface area contributed by atoms with Crippen molar-refractivity contribution in [3.05, 3.63) is 48.0 Å². The summed E-state index contributed by atoms with van der Waals surface area (Å²) in [5.41, 5.74) is 3.54. The van der Waals surface area contributed by atoms with Crippen LogP contribution in [0.5, 0.6) is 5.75 Å². The molecule has 2 aromatic rings. The number of hydrogen-bond donors (Lipinski definition) is 1. The summed E-state index contributed by atoms with van der Waals surface area (Å²) < 4.78 is 9.01. The lowest BCUT2D eigenvalue weighted by atomic mass is 10.2. The minimum absolute atomic E-state index is 0.936. The molecule has 0 aliphatic carbocycles. The number of anilines is 2. The van der Waals surface area contributed by atoms with Crippen LogP contribution in [0.3, 0.4) is 0 Å². The molecular formula is C19H25N3OS. The van der Waals surface area contributed by atoms with Crippen LogP contribution in [0.15, 0.2) is 47.4 Å². The molecule has 2 aromatic carbocycles. The number of aryl methyl sites for hydroxylation is 1. The molecule has 1 N–H and O–H groups in total. The summed E-state index contributed by atoms with van der Waals surface area (Å²) in [5, 5.41) is 0. The second-order valence-electron chi connectivity index (χ2n) is 6.19. The molecule has 3 rings (SSSR count). The molecule has 1 fully saturated rings. The van der Waals surface area contributed by atoms with Crippen molar-refractivity contribution in [1.29, 1.82) is 0 Å². The predicted molar refractivity (Wildman–Crippen MR) is 103 cm³/mol. The number of hydrogen-bond acceptors (Lipinski definition) is 5. The zero-order valence-electron chi connectivity index (χ0n) is 14.6. The van der Waals surface area contributed by atoms with Crippen LogP contribution in [0.1, 0.15) is 5.56 Å². The van der Waals surface area contributed by atoms with E-state index in [1.807, 2.05) is 6.07 Å². The first-order valence-corrected chi connectivity index (χ1v) is 9.08. The average molecular weight is 343 g/mol. The van der Waals surface area contributed by atoms with Gasteiger partial charge in [0.15, 0.2) is 0 Å². The molecule has 1 aliphatic rings. The number of ether oxygens (including phenoxy) is 1. The lowest BCUT2D eigenvalue weighted by Gasteiger charge is -2.35. The lowest BCUT2D eigenvalue weighted by Crippen LogP contribution is -2.44. The molecular weight excluding hydrogens is 318 g/mol. The second kappa shape index (κ2) is 7.81. The fourth-order valence-electron chi connectivity index (χ4n) is 2.77. The van der Waals surface area contributed by atoms with Crippen LogP contribution in [0.25, 0.3) is 0 Å². The Kier molecular flexibility index (Phi) is 5.53. The molecule has 24 heavy (non-hydrogen) atoms. The summed E-state index contributed by atoms with van der Waals surface area (Å²) in [4.78, 5) is 5.97. The largest absolute Gasteiger partial charge is 0.495 e. The predicted octanol–water partition coefficient (Wildman–Crippen LogP) is 3.87. The molecule has 1 saturated heterocycles. The van der Waals surface area contributed by atoms with Gasteiger partial charge in [0, 0.05) is 36.8 Å². The van der Waals surface area contributed by atoms with Crippen molar-refractivity contribution in [2.24, 2.45) is 0 Å². The molecule has 0 radical (unpaired) electrons. The zero-order chi connectivity index (χ0) is 16.9. The number of piperazine rings is 1. The van der Waals surface area contributed by atoms with Crippen LogP contribution in [-0.2, 0) is 0 Å². The highest BCUT2D eigenvalue weighted by atomic mass is 32.2. The highest BCUT2D eigenvalue weighted by Gasteiger charge is 2.18. The third-order valence-corrected chi connectivity index (χ3v) is 5.18. The summed E-state index contributed by atoms with van der Waals surface area (Å²) in [7, 11) is 3.91. The maximum Gasteiger partial charge on any atom is 0.142 e. The Bertz CT molecular complexity index is 667. The van der Waals surface area contributed by atoms with Gasteiger partial charge in [-0.1, -0.05) is 17.7 Å². The van der Waals surface area contributed by atoms with Crippen LogP contribution in [0.2, 0.25) is 0 Å². The van der Waals surface area contributed by atoms with Crippen molar-refractivity contribution in [1.82, 2.24) is 4.90 Å². The van der Waals surface area contributed by atoms with Crippen molar-refractivity contribution >= 4 is 23.3 Å². The Labute approximate surface area is 148 Å². The number of nitrogens with one attached hydrogen (secondary N) is 1. The zero-order valence-corrected chi connectivity index (χ0v) is 15.4. The summed E-state index contributed by atoms with van der Waals surface area (Å²) >= 11 is 1.63. The van der Waals surface area contributed by atoms with Gasteiger partial charge in [-0.25, -0.2) is 0 Å². The summed E-state index contributed by atoms with van der Waals surface area (Å²) in [6, 6.07) is 14.8. The van der Waals surface area contributed by atoms with Gasteiger partial charge in [0.05, 0.1) is 12.8 Å². The SMILES string of the molecule is COc1ccc(NSc2ccc(C)cc2)cc1N1CCN(C)CC1. The third-order valence-electron chi connectivity index (χ3n) is 4.33. The van der Waals surface area contributed by atoms with Gasteiger partial charge in [-0.3, -0.25) is 0 Å². The fourth-order valence-corrected chi connectivity index (χ4v) is 3.41. The summed E-state index contributed by atoms with van der Waals surface area (Å²) in [6.45, 7) is 6.33. The molecule has 0 amide bonds. The van der Waals surface area contributed by atoms with E-state index in [-0.39, 0.29) is 0 Å². The Balaban J connectivity index is 1.72. The van der Waals surface area contributed by atoms with E-state index >= 15 is 0 Å². The van der Waals surface area contributed by atoms with Gasteiger partial charge in [-0.2, -0.15) is 0 Å². The molecule has 4 nitrogen and oxygen atoms in total. The van der Waals surface area contributed by atoms with Crippen molar-refractivity contribution < 1.29 is 4.74 Å². The first kappa shape index (κ1) is 17.0. The third kappa shape index (κ3) is 4.16. The highest BCUT2D eigenvalue weighted by molar-refractivity contribution is 8.00. The topological polar surface area (TPSA) is 27.7 Å². The Morgan fingerprint density at radius 3 is 2.38 bits per heavy atom. The van der Waals surface area contributed by atoms with Crippen molar-refractivity contribution in [2.45, 2.75) is 11.8 Å². The van der Waals surface area contributed by atoms with Gasteiger partial charge in [0.25, 0.3) is 0 Å². The van der Waals surface area contributed by atoms with Gasteiger partial charge in [0.2, 0.25) is 0 Å². The first-order chi connectivity index (χ1) is 11.7. The Morgan fingerprint density at radius 2 is 1.71 bits per heavy atom. The summed E-state index contributed by atoms with van der Waals surface area (Å²) in [6.07, 6.45) is 0. The van der Waals surface area contributed by atoms with E-state index in [2.05, 4.69) is 64.9 Å². The fraction of sp³-hybridized carbons (Fsp3) is 0.368. The maximum absolute atomic E-state index is 5.57. The minimum Gasteiger partial charge on any atom is -0.495 e. The van der Waals surface area contributed by atoms with Crippen LogP contribution >= 0.6 is 11.9 Å².